The minimum Gasteiger partial charge on any atom is -0.380 e. The summed E-state index contributed by atoms with van der Waals surface area (Å²) in [5, 5.41) is 4.11. The first-order valence-electron chi connectivity index (χ1n) is 6.44. The minimum atomic E-state index is 0.495. The van der Waals surface area contributed by atoms with Gasteiger partial charge in [-0.25, -0.2) is 4.98 Å². The second-order valence-corrected chi connectivity index (χ2v) is 6.14. The Balaban J connectivity index is 1.98. The van der Waals surface area contributed by atoms with Crippen LogP contribution in [0.5, 0.6) is 0 Å². The third kappa shape index (κ3) is 3.60. The molecule has 0 aliphatic heterocycles. The molecule has 0 bridgehead atoms. The lowest BCUT2D eigenvalue weighted by Gasteiger charge is -2.22. The van der Waals surface area contributed by atoms with Crippen molar-refractivity contribution in [2.45, 2.75) is 52.0 Å². The highest BCUT2D eigenvalue weighted by Crippen LogP contribution is 2.35. The summed E-state index contributed by atoms with van der Waals surface area (Å²) in [6.07, 6.45) is 8.08. The number of hydrogen-bond donors (Lipinski definition) is 1. The second kappa shape index (κ2) is 5.26. The van der Waals surface area contributed by atoms with Gasteiger partial charge in [0, 0.05) is 12.2 Å². The number of nitrogens with one attached hydrogen (secondary N) is 1. The van der Waals surface area contributed by atoms with Crippen LogP contribution in [-0.2, 0) is 0 Å². The van der Waals surface area contributed by atoms with Gasteiger partial charge in [0.15, 0.2) is 5.15 Å². The lowest BCUT2D eigenvalue weighted by atomic mass is 9.85. The number of rotatable bonds is 2. The lowest BCUT2D eigenvalue weighted by molar-refractivity contribution is 0.313. The SMILES string of the molecule is CC1(C)CCCC(Nc2cccnc2Cl)CC1. The van der Waals surface area contributed by atoms with Gasteiger partial charge in [-0.05, 0) is 43.2 Å². The Labute approximate surface area is 109 Å². The first-order chi connectivity index (χ1) is 8.07. The van der Waals surface area contributed by atoms with E-state index in [4.69, 9.17) is 11.6 Å². The molecule has 2 rings (SSSR count). The smallest absolute Gasteiger partial charge is 0.152 e. The fourth-order valence-corrected chi connectivity index (χ4v) is 2.69. The Kier molecular flexibility index (Phi) is 3.93. The van der Waals surface area contributed by atoms with Gasteiger partial charge in [0.25, 0.3) is 0 Å². The number of anilines is 1. The molecule has 2 nitrogen and oxygen atoms in total. The molecule has 0 aromatic carbocycles. The lowest BCUT2D eigenvalue weighted by Crippen LogP contribution is -2.19. The van der Waals surface area contributed by atoms with Crippen LogP contribution >= 0.6 is 11.6 Å². The second-order valence-electron chi connectivity index (χ2n) is 5.78. The first-order valence-corrected chi connectivity index (χ1v) is 6.82. The van der Waals surface area contributed by atoms with E-state index in [-0.39, 0.29) is 0 Å². The molecule has 1 aliphatic carbocycles. The molecule has 1 unspecified atom stereocenters. The molecular weight excluding hydrogens is 232 g/mol. The summed E-state index contributed by atoms with van der Waals surface area (Å²) in [7, 11) is 0. The molecule has 0 saturated heterocycles. The summed E-state index contributed by atoms with van der Waals surface area (Å²) in [6.45, 7) is 4.73. The highest BCUT2D eigenvalue weighted by atomic mass is 35.5. The van der Waals surface area contributed by atoms with Crippen LogP contribution in [0.25, 0.3) is 0 Å². The van der Waals surface area contributed by atoms with Crippen LogP contribution in [0.4, 0.5) is 5.69 Å². The van der Waals surface area contributed by atoms with Crippen molar-refractivity contribution >= 4 is 17.3 Å². The van der Waals surface area contributed by atoms with Crippen molar-refractivity contribution in [2.24, 2.45) is 5.41 Å². The van der Waals surface area contributed by atoms with Gasteiger partial charge in [-0.3, -0.25) is 0 Å². The van der Waals surface area contributed by atoms with Crippen LogP contribution in [0.1, 0.15) is 46.0 Å². The molecule has 0 radical (unpaired) electrons. The zero-order valence-electron chi connectivity index (χ0n) is 10.7. The monoisotopic (exact) mass is 252 g/mol. The zero-order chi connectivity index (χ0) is 12.3. The van der Waals surface area contributed by atoms with Crippen LogP contribution in [0.3, 0.4) is 0 Å². The van der Waals surface area contributed by atoms with Crippen LogP contribution in [0.15, 0.2) is 18.3 Å². The molecule has 1 fully saturated rings. The topological polar surface area (TPSA) is 24.9 Å². The fourth-order valence-electron chi connectivity index (χ4n) is 2.52. The average molecular weight is 253 g/mol. The van der Waals surface area contributed by atoms with E-state index < -0.39 is 0 Å². The highest BCUT2D eigenvalue weighted by Gasteiger charge is 2.24. The van der Waals surface area contributed by atoms with Gasteiger partial charge in [-0.15, -0.1) is 0 Å². The maximum atomic E-state index is 6.07. The minimum absolute atomic E-state index is 0.495. The Morgan fingerprint density at radius 1 is 1.35 bits per heavy atom. The molecule has 1 aliphatic rings. The van der Waals surface area contributed by atoms with Crippen molar-refractivity contribution in [2.75, 3.05) is 5.32 Å². The van der Waals surface area contributed by atoms with Crippen LogP contribution < -0.4 is 5.32 Å². The summed E-state index contributed by atoms with van der Waals surface area (Å²) in [4.78, 5) is 4.10. The molecule has 3 heteroatoms. The molecule has 94 valence electrons. The molecule has 1 saturated carbocycles. The van der Waals surface area contributed by atoms with Gasteiger partial charge in [0.2, 0.25) is 0 Å². The van der Waals surface area contributed by atoms with E-state index in [1.54, 1.807) is 6.20 Å². The van der Waals surface area contributed by atoms with Gasteiger partial charge < -0.3 is 5.32 Å². The van der Waals surface area contributed by atoms with E-state index in [0.29, 0.717) is 16.6 Å². The molecule has 1 aromatic heterocycles. The quantitative estimate of drug-likeness (QED) is 0.619. The predicted octanol–water partition coefficient (Wildman–Crippen LogP) is 4.51. The van der Waals surface area contributed by atoms with Crippen molar-refractivity contribution in [3.8, 4) is 0 Å². The van der Waals surface area contributed by atoms with Gasteiger partial charge in [0.05, 0.1) is 5.69 Å². The van der Waals surface area contributed by atoms with Crippen molar-refractivity contribution in [3.05, 3.63) is 23.5 Å². The third-order valence-electron chi connectivity index (χ3n) is 3.69. The standard InChI is InChI=1S/C14H21ClN2/c1-14(2)8-3-5-11(7-9-14)17-12-6-4-10-16-13(12)15/h4,6,10-11,17H,3,5,7-9H2,1-2H3. The van der Waals surface area contributed by atoms with Gasteiger partial charge in [0.1, 0.15) is 0 Å². The average Bonchev–Trinajstić information content (AvgIpc) is 2.44. The Morgan fingerprint density at radius 2 is 2.18 bits per heavy atom. The molecule has 17 heavy (non-hydrogen) atoms. The maximum Gasteiger partial charge on any atom is 0.152 e. The summed E-state index contributed by atoms with van der Waals surface area (Å²) in [5.74, 6) is 0. The first kappa shape index (κ1) is 12.7. The van der Waals surface area contributed by atoms with E-state index >= 15 is 0 Å². The van der Waals surface area contributed by atoms with E-state index in [0.717, 1.165) is 5.69 Å². The molecular formula is C14H21ClN2. The zero-order valence-corrected chi connectivity index (χ0v) is 11.4. The van der Waals surface area contributed by atoms with E-state index in [2.05, 4.69) is 24.1 Å². The van der Waals surface area contributed by atoms with Crippen LogP contribution in [0, 0.1) is 5.41 Å². The third-order valence-corrected chi connectivity index (χ3v) is 4.00. The van der Waals surface area contributed by atoms with E-state index in [1.165, 1.54) is 32.1 Å². The Morgan fingerprint density at radius 3 is 2.94 bits per heavy atom. The number of nitrogens with zero attached hydrogens (tertiary/aromatic N) is 1. The molecule has 1 aromatic rings. The predicted molar refractivity (Wildman–Crippen MR) is 73.5 cm³/mol. The van der Waals surface area contributed by atoms with E-state index in [9.17, 15) is 0 Å². The van der Waals surface area contributed by atoms with Gasteiger partial charge in [-0.1, -0.05) is 31.9 Å². The van der Waals surface area contributed by atoms with Crippen LogP contribution in [-0.4, -0.2) is 11.0 Å². The van der Waals surface area contributed by atoms with Gasteiger partial charge in [-0.2, -0.15) is 0 Å². The molecule has 0 amide bonds. The van der Waals surface area contributed by atoms with Crippen LogP contribution in [0.2, 0.25) is 5.15 Å². The molecule has 1 N–H and O–H groups in total. The van der Waals surface area contributed by atoms with Gasteiger partial charge >= 0.3 is 0 Å². The number of aromatic nitrogens is 1. The molecule has 0 spiro atoms. The Hall–Kier alpha value is -0.760. The normalized spacial score (nSPS) is 24.1. The maximum absolute atomic E-state index is 6.07. The fraction of sp³-hybridized carbons (Fsp3) is 0.643. The summed E-state index contributed by atoms with van der Waals surface area (Å²) < 4.78 is 0. The van der Waals surface area contributed by atoms with Crippen molar-refractivity contribution in [1.29, 1.82) is 0 Å². The van der Waals surface area contributed by atoms with Crippen molar-refractivity contribution < 1.29 is 0 Å². The van der Waals surface area contributed by atoms with Crippen molar-refractivity contribution in [3.63, 3.8) is 0 Å². The summed E-state index contributed by atoms with van der Waals surface area (Å²) >= 11 is 6.07. The Bertz CT molecular complexity index is 376. The number of pyridine rings is 1. The largest absolute Gasteiger partial charge is 0.380 e. The number of halogens is 1. The number of hydrogen-bond acceptors (Lipinski definition) is 2. The molecule has 1 atom stereocenters. The summed E-state index contributed by atoms with van der Waals surface area (Å²) in [6, 6.07) is 4.47. The molecule has 1 heterocycles. The summed E-state index contributed by atoms with van der Waals surface area (Å²) in [5.41, 5.74) is 1.47. The van der Waals surface area contributed by atoms with E-state index in [1.807, 2.05) is 12.1 Å². The van der Waals surface area contributed by atoms with Crippen molar-refractivity contribution in [1.82, 2.24) is 4.98 Å². The highest BCUT2D eigenvalue weighted by molar-refractivity contribution is 6.31.